The molecule has 0 heterocycles. The summed E-state index contributed by atoms with van der Waals surface area (Å²) in [6, 6.07) is 7.68. The summed E-state index contributed by atoms with van der Waals surface area (Å²) in [6.45, 7) is 2.75. The number of nitriles is 1. The number of hydrogen-bond acceptors (Lipinski definition) is 2. The second-order valence-corrected chi connectivity index (χ2v) is 3.76. The van der Waals surface area contributed by atoms with Gasteiger partial charge in [0, 0.05) is 3.57 Å². The van der Waals surface area contributed by atoms with Crippen molar-refractivity contribution in [3.05, 3.63) is 27.3 Å². The Morgan fingerprint density at radius 2 is 2.31 bits per heavy atom. The highest BCUT2D eigenvalue weighted by molar-refractivity contribution is 14.1. The summed E-state index contributed by atoms with van der Waals surface area (Å²) in [5.74, 6) is 0.777. The van der Waals surface area contributed by atoms with Crippen LogP contribution >= 0.6 is 22.6 Å². The highest BCUT2D eigenvalue weighted by atomic mass is 127. The van der Waals surface area contributed by atoms with Gasteiger partial charge in [0.1, 0.15) is 11.8 Å². The Balaban J connectivity index is 2.82. The lowest BCUT2D eigenvalue weighted by atomic mass is 10.2. The van der Waals surface area contributed by atoms with Gasteiger partial charge in [0.25, 0.3) is 0 Å². The van der Waals surface area contributed by atoms with Crippen LogP contribution in [0.1, 0.15) is 18.9 Å². The molecule has 2 nitrogen and oxygen atoms in total. The van der Waals surface area contributed by atoms with Crippen molar-refractivity contribution in [3.63, 3.8) is 0 Å². The Bertz CT molecular complexity index is 330. The Morgan fingerprint density at radius 3 is 2.92 bits per heavy atom. The fraction of sp³-hybridized carbons (Fsp3) is 0.300. The molecule has 0 aliphatic heterocycles. The maximum Gasteiger partial charge on any atom is 0.120 e. The summed E-state index contributed by atoms with van der Waals surface area (Å²) >= 11 is 2.14. The van der Waals surface area contributed by atoms with Crippen LogP contribution in [0.25, 0.3) is 0 Å². The number of halogens is 1. The van der Waals surface area contributed by atoms with Crippen LogP contribution in [-0.2, 0) is 0 Å². The Morgan fingerprint density at radius 1 is 1.54 bits per heavy atom. The monoisotopic (exact) mass is 287 g/mol. The van der Waals surface area contributed by atoms with E-state index in [-0.39, 0.29) is 0 Å². The minimum atomic E-state index is 0.675. The molecule has 0 atom stereocenters. The zero-order valence-corrected chi connectivity index (χ0v) is 9.54. The molecule has 13 heavy (non-hydrogen) atoms. The van der Waals surface area contributed by atoms with Crippen LogP contribution in [0.3, 0.4) is 0 Å². The summed E-state index contributed by atoms with van der Waals surface area (Å²) in [5.41, 5.74) is 0.675. The van der Waals surface area contributed by atoms with Crippen LogP contribution in [0, 0.1) is 14.9 Å². The van der Waals surface area contributed by atoms with E-state index < -0.39 is 0 Å². The molecule has 0 unspecified atom stereocenters. The standard InChI is InChI=1S/C10H10INO/c1-2-5-13-9-3-4-10(11)8(6-9)7-12/h3-4,6H,2,5H2,1H3. The lowest BCUT2D eigenvalue weighted by Gasteiger charge is -2.04. The molecular formula is C10H10INO. The Labute approximate surface area is 91.7 Å². The molecule has 68 valence electrons. The van der Waals surface area contributed by atoms with Gasteiger partial charge in [-0.05, 0) is 47.2 Å². The molecule has 0 radical (unpaired) electrons. The largest absolute Gasteiger partial charge is 0.494 e. The van der Waals surface area contributed by atoms with Crippen molar-refractivity contribution >= 4 is 22.6 Å². The number of benzene rings is 1. The Hall–Kier alpha value is -0.760. The topological polar surface area (TPSA) is 33.0 Å². The second kappa shape index (κ2) is 5.07. The van der Waals surface area contributed by atoms with E-state index in [4.69, 9.17) is 10.00 Å². The zero-order valence-electron chi connectivity index (χ0n) is 7.38. The van der Waals surface area contributed by atoms with Gasteiger partial charge in [-0.2, -0.15) is 5.26 Å². The van der Waals surface area contributed by atoms with Crippen molar-refractivity contribution in [2.24, 2.45) is 0 Å². The molecule has 1 aromatic rings. The van der Waals surface area contributed by atoms with Crippen molar-refractivity contribution in [3.8, 4) is 11.8 Å². The predicted octanol–water partition coefficient (Wildman–Crippen LogP) is 2.95. The Kier molecular flexibility index (Phi) is 4.03. The first-order chi connectivity index (χ1) is 6.27. The van der Waals surface area contributed by atoms with Crippen molar-refractivity contribution < 1.29 is 4.74 Å². The van der Waals surface area contributed by atoms with Crippen molar-refractivity contribution in [1.82, 2.24) is 0 Å². The smallest absolute Gasteiger partial charge is 0.120 e. The third-order valence-electron chi connectivity index (χ3n) is 1.53. The van der Waals surface area contributed by atoms with Gasteiger partial charge in [0.05, 0.1) is 12.2 Å². The molecule has 0 aliphatic rings. The average Bonchev–Trinajstić information content (AvgIpc) is 2.16. The van der Waals surface area contributed by atoms with E-state index in [0.717, 1.165) is 15.7 Å². The van der Waals surface area contributed by atoms with Crippen molar-refractivity contribution in [1.29, 1.82) is 5.26 Å². The molecule has 0 saturated carbocycles. The highest BCUT2D eigenvalue weighted by Crippen LogP contribution is 2.18. The van der Waals surface area contributed by atoms with Crippen LogP contribution in [0.15, 0.2) is 18.2 Å². The molecule has 3 heteroatoms. The summed E-state index contributed by atoms with van der Waals surface area (Å²) in [4.78, 5) is 0. The maximum absolute atomic E-state index is 8.76. The second-order valence-electron chi connectivity index (χ2n) is 2.60. The van der Waals surface area contributed by atoms with Gasteiger partial charge < -0.3 is 4.74 Å². The summed E-state index contributed by atoms with van der Waals surface area (Å²) in [7, 11) is 0. The van der Waals surface area contributed by atoms with Crippen LogP contribution in [0.2, 0.25) is 0 Å². The summed E-state index contributed by atoms with van der Waals surface area (Å²) in [6.07, 6.45) is 0.980. The first kappa shape index (κ1) is 10.3. The van der Waals surface area contributed by atoms with E-state index in [0.29, 0.717) is 12.2 Å². The van der Waals surface area contributed by atoms with Crippen LogP contribution in [0.5, 0.6) is 5.75 Å². The molecule has 0 bridgehead atoms. The molecular weight excluding hydrogens is 277 g/mol. The third-order valence-corrected chi connectivity index (χ3v) is 2.47. The first-order valence-electron chi connectivity index (χ1n) is 4.10. The lowest BCUT2D eigenvalue weighted by molar-refractivity contribution is 0.317. The quantitative estimate of drug-likeness (QED) is 0.801. The number of hydrogen-bond donors (Lipinski definition) is 0. The predicted molar refractivity (Wildman–Crippen MR) is 59.7 cm³/mol. The third kappa shape index (κ3) is 2.88. The maximum atomic E-state index is 8.76. The van der Waals surface area contributed by atoms with Gasteiger partial charge >= 0.3 is 0 Å². The van der Waals surface area contributed by atoms with E-state index in [1.54, 1.807) is 6.07 Å². The van der Waals surface area contributed by atoms with E-state index in [2.05, 4.69) is 35.6 Å². The van der Waals surface area contributed by atoms with E-state index in [9.17, 15) is 0 Å². The van der Waals surface area contributed by atoms with Gasteiger partial charge in [0.15, 0.2) is 0 Å². The normalized spacial score (nSPS) is 9.31. The molecule has 1 aromatic carbocycles. The number of rotatable bonds is 3. The molecule has 0 aromatic heterocycles. The average molecular weight is 287 g/mol. The molecule has 0 saturated heterocycles. The van der Waals surface area contributed by atoms with Gasteiger partial charge in [0.2, 0.25) is 0 Å². The van der Waals surface area contributed by atoms with Crippen LogP contribution in [0.4, 0.5) is 0 Å². The minimum Gasteiger partial charge on any atom is -0.494 e. The zero-order chi connectivity index (χ0) is 9.68. The number of nitrogens with zero attached hydrogens (tertiary/aromatic N) is 1. The lowest BCUT2D eigenvalue weighted by Crippen LogP contribution is -1.95. The van der Waals surface area contributed by atoms with Crippen LogP contribution < -0.4 is 4.74 Å². The van der Waals surface area contributed by atoms with Gasteiger partial charge in [-0.3, -0.25) is 0 Å². The molecule has 0 aliphatic carbocycles. The molecule has 0 fully saturated rings. The molecule has 0 amide bonds. The number of ether oxygens (including phenoxy) is 1. The van der Waals surface area contributed by atoms with Gasteiger partial charge in [-0.15, -0.1) is 0 Å². The molecule has 1 rings (SSSR count). The molecule has 0 spiro atoms. The summed E-state index contributed by atoms with van der Waals surface area (Å²) < 4.78 is 6.36. The first-order valence-corrected chi connectivity index (χ1v) is 5.18. The fourth-order valence-electron chi connectivity index (χ4n) is 0.900. The SMILES string of the molecule is CCCOc1ccc(I)c(C#N)c1. The van der Waals surface area contributed by atoms with Crippen molar-refractivity contribution in [2.45, 2.75) is 13.3 Å². The highest BCUT2D eigenvalue weighted by Gasteiger charge is 2.00. The summed E-state index contributed by atoms with van der Waals surface area (Å²) in [5, 5.41) is 8.76. The minimum absolute atomic E-state index is 0.675. The fourth-order valence-corrected chi connectivity index (χ4v) is 1.36. The van der Waals surface area contributed by atoms with Crippen LogP contribution in [-0.4, -0.2) is 6.61 Å². The van der Waals surface area contributed by atoms with E-state index in [1.165, 1.54) is 0 Å². The van der Waals surface area contributed by atoms with Gasteiger partial charge in [-0.25, -0.2) is 0 Å². The van der Waals surface area contributed by atoms with E-state index >= 15 is 0 Å². The van der Waals surface area contributed by atoms with Crippen molar-refractivity contribution in [2.75, 3.05) is 6.61 Å². The molecule has 0 N–H and O–H groups in total. The van der Waals surface area contributed by atoms with E-state index in [1.807, 2.05) is 12.1 Å². The van der Waals surface area contributed by atoms with Gasteiger partial charge in [-0.1, -0.05) is 6.92 Å².